The molecule has 2 aromatic carbocycles. The second-order valence-corrected chi connectivity index (χ2v) is 6.60. The van der Waals surface area contributed by atoms with Crippen molar-refractivity contribution in [2.24, 2.45) is 0 Å². The summed E-state index contributed by atoms with van der Waals surface area (Å²) in [6.45, 7) is 1.42. The van der Waals surface area contributed by atoms with Crippen molar-refractivity contribution >= 4 is 6.09 Å². The maximum Gasteiger partial charge on any atom is 0.407 e. The lowest BCUT2D eigenvalue weighted by Gasteiger charge is -2.37. The number of likely N-dealkylation sites (tertiary alicyclic amines) is 1. The molecule has 1 fully saturated rings. The van der Waals surface area contributed by atoms with E-state index in [1.165, 1.54) is 4.90 Å². The molecule has 0 aromatic heterocycles. The fourth-order valence-corrected chi connectivity index (χ4v) is 3.40. The van der Waals surface area contributed by atoms with Gasteiger partial charge in [0.25, 0.3) is 0 Å². The summed E-state index contributed by atoms with van der Waals surface area (Å²) in [5.74, 6) is 0.883. The number of hydrogen-bond acceptors (Lipinski definition) is 4. The Balaban J connectivity index is 1.64. The lowest BCUT2D eigenvalue weighted by Crippen LogP contribution is -2.46. The predicted molar refractivity (Wildman–Crippen MR) is 101 cm³/mol. The van der Waals surface area contributed by atoms with Crippen LogP contribution in [0, 0.1) is 0 Å². The second-order valence-electron chi connectivity index (χ2n) is 6.60. The van der Waals surface area contributed by atoms with Crippen molar-refractivity contribution < 1.29 is 24.5 Å². The highest BCUT2D eigenvalue weighted by Gasteiger charge is 2.33. The van der Waals surface area contributed by atoms with E-state index in [2.05, 4.69) is 0 Å². The minimum absolute atomic E-state index is 0.0808. The molecule has 0 spiro atoms. The number of ether oxygens (including phenoxy) is 2. The summed E-state index contributed by atoms with van der Waals surface area (Å²) in [7, 11) is 0. The number of piperidine rings is 1. The first-order valence-corrected chi connectivity index (χ1v) is 9.14. The zero-order chi connectivity index (χ0) is 19.1. The van der Waals surface area contributed by atoms with E-state index in [-0.39, 0.29) is 25.2 Å². The molecule has 0 aliphatic carbocycles. The summed E-state index contributed by atoms with van der Waals surface area (Å²) in [5, 5.41) is 18.3. The number of nitrogens with zero attached hydrogens (tertiary/aromatic N) is 1. The number of aliphatic hydroxyl groups is 1. The van der Waals surface area contributed by atoms with E-state index in [1.807, 2.05) is 54.6 Å². The van der Waals surface area contributed by atoms with E-state index in [4.69, 9.17) is 14.6 Å². The first-order chi connectivity index (χ1) is 13.2. The Morgan fingerprint density at radius 3 is 2.52 bits per heavy atom. The van der Waals surface area contributed by atoms with Gasteiger partial charge in [-0.1, -0.05) is 42.5 Å². The standard InChI is InChI=1S/C21H25NO5/c23-12-13-26-20-14-22(21(24)25)11-10-19(20)17-6-8-18(9-7-17)27-15-16-4-2-1-3-5-16/h1-9,19-20,23H,10-15H2,(H,24,25). The molecule has 1 saturated heterocycles. The third-order valence-electron chi connectivity index (χ3n) is 4.81. The average molecular weight is 371 g/mol. The van der Waals surface area contributed by atoms with Crippen LogP contribution in [0.25, 0.3) is 0 Å². The molecule has 2 N–H and O–H groups in total. The molecule has 2 aromatic rings. The van der Waals surface area contributed by atoms with Gasteiger partial charge in [-0.2, -0.15) is 0 Å². The maximum atomic E-state index is 11.3. The van der Waals surface area contributed by atoms with E-state index in [1.54, 1.807) is 0 Å². The molecular formula is C21H25NO5. The van der Waals surface area contributed by atoms with E-state index in [0.717, 1.165) is 16.9 Å². The summed E-state index contributed by atoms with van der Waals surface area (Å²) >= 11 is 0. The lowest BCUT2D eigenvalue weighted by atomic mass is 9.87. The summed E-state index contributed by atoms with van der Waals surface area (Å²) < 4.78 is 11.6. The monoisotopic (exact) mass is 371 g/mol. The van der Waals surface area contributed by atoms with Crippen LogP contribution >= 0.6 is 0 Å². The van der Waals surface area contributed by atoms with Crippen molar-refractivity contribution in [3.05, 3.63) is 65.7 Å². The third-order valence-corrected chi connectivity index (χ3v) is 4.81. The van der Waals surface area contributed by atoms with Crippen LogP contribution in [0.3, 0.4) is 0 Å². The topological polar surface area (TPSA) is 79.2 Å². The Morgan fingerprint density at radius 1 is 1.11 bits per heavy atom. The molecule has 144 valence electrons. The van der Waals surface area contributed by atoms with Crippen molar-refractivity contribution in [1.29, 1.82) is 0 Å². The molecule has 27 heavy (non-hydrogen) atoms. The molecule has 1 aliphatic rings. The van der Waals surface area contributed by atoms with Gasteiger partial charge < -0.3 is 24.6 Å². The number of rotatable bonds is 7. The van der Waals surface area contributed by atoms with Gasteiger partial charge in [-0.25, -0.2) is 4.79 Å². The first-order valence-electron chi connectivity index (χ1n) is 9.14. The molecule has 1 aliphatic heterocycles. The smallest absolute Gasteiger partial charge is 0.407 e. The summed E-state index contributed by atoms with van der Waals surface area (Å²) in [5.41, 5.74) is 2.20. The normalized spacial score (nSPS) is 19.7. The van der Waals surface area contributed by atoms with Crippen molar-refractivity contribution in [3.63, 3.8) is 0 Å². The molecule has 1 heterocycles. The zero-order valence-corrected chi connectivity index (χ0v) is 15.2. The first kappa shape index (κ1) is 19.2. The summed E-state index contributed by atoms with van der Waals surface area (Å²) in [6.07, 6.45) is -0.513. The highest BCUT2D eigenvalue weighted by molar-refractivity contribution is 5.65. The second kappa shape index (κ2) is 9.39. The summed E-state index contributed by atoms with van der Waals surface area (Å²) in [4.78, 5) is 12.6. The fraction of sp³-hybridized carbons (Fsp3) is 0.381. The van der Waals surface area contributed by atoms with Crippen LogP contribution in [-0.4, -0.2) is 53.6 Å². The maximum absolute atomic E-state index is 11.3. The van der Waals surface area contributed by atoms with Crippen molar-refractivity contribution in [2.75, 3.05) is 26.3 Å². The molecule has 0 bridgehead atoms. The predicted octanol–water partition coefficient (Wildman–Crippen LogP) is 3.11. The Hall–Kier alpha value is -2.57. The highest BCUT2D eigenvalue weighted by Crippen LogP contribution is 2.31. The van der Waals surface area contributed by atoms with Gasteiger partial charge in [0.15, 0.2) is 0 Å². The molecule has 1 amide bonds. The van der Waals surface area contributed by atoms with Crippen LogP contribution in [0.15, 0.2) is 54.6 Å². The van der Waals surface area contributed by atoms with Gasteiger partial charge in [-0.05, 0) is 29.7 Å². The molecule has 0 radical (unpaired) electrons. The number of amides is 1. The van der Waals surface area contributed by atoms with Gasteiger partial charge >= 0.3 is 6.09 Å². The Bertz CT molecular complexity index is 719. The number of aliphatic hydroxyl groups excluding tert-OH is 1. The van der Waals surface area contributed by atoms with Crippen molar-refractivity contribution in [2.45, 2.75) is 25.0 Å². The van der Waals surface area contributed by atoms with Crippen LogP contribution in [-0.2, 0) is 11.3 Å². The Kier molecular flexibility index (Phi) is 6.68. The van der Waals surface area contributed by atoms with E-state index >= 15 is 0 Å². The fourth-order valence-electron chi connectivity index (χ4n) is 3.40. The molecule has 2 atom stereocenters. The van der Waals surface area contributed by atoms with E-state index < -0.39 is 6.09 Å². The number of hydrogen-bond donors (Lipinski definition) is 2. The molecule has 6 nitrogen and oxygen atoms in total. The number of carboxylic acid groups (broad SMARTS) is 1. The van der Waals surface area contributed by atoms with Crippen molar-refractivity contribution in [1.82, 2.24) is 4.90 Å². The Morgan fingerprint density at radius 2 is 1.85 bits per heavy atom. The third kappa shape index (κ3) is 5.21. The molecule has 6 heteroatoms. The molecule has 3 rings (SSSR count). The zero-order valence-electron chi connectivity index (χ0n) is 15.2. The van der Waals surface area contributed by atoms with Crippen LogP contribution in [0.1, 0.15) is 23.5 Å². The van der Waals surface area contributed by atoms with Gasteiger partial charge in [0.2, 0.25) is 0 Å². The Labute approximate surface area is 159 Å². The quantitative estimate of drug-likeness (QED) is 0.782. The van der Waals surface area contributed by atoms with Crippen LogP contribution in [0.2, 0.25) is 0 Å². The van der Waals surface area contributed by atoms with Crippen LogP contribution < -0.4 is 4.74 Å². The van der Waals surface area contributed by atoms with Crippen LogP contribution in [0.5, 0.6) is 5.75 Å². The van der Waals surface area contributed by atoms with Gasteiger partial charge in [0, 0.05) is 12.5 Å². The molecule has 2 unspecified atom stereocenters. The lowest BCUT2D eigenvalue weighted by molar-refractivity contribution is -0.0234. The van der Waals surface area contributed by atoms with Gasteiger partial charge in [0.1, 0.15) is 12.4 Å². The molecular weight excluding hydrogens is 346 g/mol. The number of carbonyl (C=O) groups is 1. The van der Waals surface area contributed by atoms with Gasteiger partial charge in [0.05, 0.1) is 25.9 Å². The molecule has 0 saturated carbocycles. The van der Waals surface area contributed by atoms with E-state index in [9.17, 15) is 9.90 Å². The van der Waals surface area contributed by atoms with Crippen LogP contribution in [0.4, 0.5) is 4.79 Å². The highest BCUT2D eigenvalue weighted by atomic mass is 16.5. The summed E-state index contributed by atoms with van der Waals surface area (Å²) in [6, 6.07) is 17.9. The van der Waals surface area contributed by atoms with E-state index in [0.29, 0.717) is 26.1 Å². The number of benzene rings is 2. The van der Waals surface area contributed by atoms with Gasteiger partial charge in [-0.15, -0.1) is 0 Å². The van der Waals surface area contributed by atoms with Crippen molar-refractivity contribution in [3.8, 4) is 5.75 Å². The largest absolute Gasteiger partial charge is 0.489 e. The SMILES string of the molecule is O=C(O)N1CCC(c2ccc(OCc3ccccc3)cc2)C(OCCO)C1. The minimum Gasteiger partial charge on any atom is -0.489 e. The van der Waals surface area contributed by atoms with Gasteiger partial charge in [-0.3, -0.25) is 0 Å². The minimum atomic E-state index is -0.935. The average Bonchev–Trinajstić information content (AvgIpc) is 2.71.